The normalized spacial score (nSPS) is 37.5. The third-order valence-corrected chi connectivity index (χ3v) is 8.43. The minimum Gasteiger partial charge on any atom is -0.455 e. The zero-order valence-electron chi connectivity index (χ0n) is 21.4. The highest BCUT2D eigenvalue weighted by atomic mass is 32.1. The first-order chi connectivity index (χ1) is 16.2. The quantitative estimate of drug-likeness (QED) is 0.448. The molecule has 2 N–H and O–H groups in total. The lowest BCUT2D eigenvalue weighted by molar-refractivity contribution is -0.155. The first-order valence-corrected chi connectivity index (χ1v) is 13.2. The Morgan fingerprint density at radius 1 is 1.26 bits per heavy atom. The number of cyclic esters (lactones) is 1. The number of ketones is 1. The van der Waals surface area contributed by atoms with Gasteiger partial charge < -0.3 is 19.7 Å². The van der Waals surface area contributed by atoms with E-state index >= 15 is 4.39 Å². The van der Waals surface area contributed by atoms with Crippen molar-refractivity contribution >= 4 is 29.2 Å². The second-order valence-corrected chi connectivity index (χ2v) is 12.0. The van der Waals surface area contributed by atoms with Crippen molar-refractivity contribution in [2.45, 2.75) is 104 Å². The maximum atomic E-state index is 15.3. The fraction of sp³-hybridized carbons (Fsp3) is 0.731. The number of aryl methyl sites for hydroxylation is 1. The molecule has 0 spiro atoms. The second kappa shape index (κ2) is 10.7. The Balaban J connectivity index is 1.85. The number of thiazole rings is 1. The number of carbonyl (C=O) groups is 2. The first-order valence-electron chi connectivity index (χ1n) is 12.3. The molecule has 7 atom stereocenters. The van der Waals surface area contributed by atoms with Crippen molar-refractivity contribution in [2.24, 2.45) is 17.3 Å². The van der Waals surface area contributed by atoms with Crippen LogP contribution in [0, 0.1) is 24.2 Å². The standard InChI is InChI=1S/C26H38FNO6S/c1-14-8-7-9-26(6)21(34-26)11-19(18(27)10-17-13-35-16(3)28-17)33-22(30)12-20(29)25(4,5)24(32)15(2)23(14)31/h10,13-15,19-21,23,29,31H,7-9,11-12H2,1-6H3/b18-10-/t14-,15-,19+,20-,21?,23+,26?/m1/s1. The summed E-state index contributed by atoms with van der Waals surface area (Å²) >= 11 is 1.39. The predicted octanol–water partition coefficient (Wildman–Crippen LogP) is 4.38. The molecule has 7 nitrogen and oxygen atoms in total. The molecule has 0 saturated carbocycles. The average molecular weight is 512 g/mol. The van der Waals surface area contributed by atoms with Gasteiger partial charge in [-0.15, -0.1) is 11.3 Å². The van der Waals surface area contributed by atoms with Crippen LogP contribution in [0.1, 0.15) is 77.4 Å². The van der Waals surface area contributed by atoms with Gasteiger partial charge in [0, 0.05) is 17.7 Å². The van der Waals surface area contributed by atoms with E-state index in [9.17, 15) is 19.8 Å². The first kappa shape index (κ1) is 27.9. The molecule has 2 aliphatic rings. The van der Waals surface area contributed by atoms with Crippen LogP contribution in [0.4, 0.5) is 4.39 Å². The van der Waals surface area contributed by atoms with Crippen LogP contribution in [0.3, 0.4) is 0 Å². The number of aromatic nitrogens is 1. The molecule has 3 heterocycles. The van der Waals surface area contributed by atoms with Crippen LogP contribution in [0.15, 0.2) is 11.2 Å². The number of esters is 1. The number of fused-ring (bicyclic) bond motifs is 1. The van der Waals surface area contributed by atoms with Gasteiger partial charge in [0.05, 0.1) is 46.5 Å². The molecule has 1 aromatic rings. The lowest BCUT2D eigenvalue weighted by Crippen LogP contribution is -2.45. The van der Waals surface area contributed by atoms with Gasteiger partial charge >= 0.3 is 5.97 Å². The van der Waals surface area contributed by atoms with Crippen molar-refractivity contribution in [3.63, 3.8) is 0 Å². The average Bonchev–Trinajstić information content (AvgIpc) is 3.22. The molecular formula is C26H38FNO6S. The number of aliphatic hydroxyl groups is 2. The maximum Gasteiger partial charge on any atom is 0.309 e. The zero-order valence-corrected chi connectivity index (χ0v) is 22.2. The molecule has 35 heavy (non-hydrogen) atoms. The van der Waals surface area contributed by atoms with Gasteiger partial charge in [0.25, 0.3) is 0 Å². The van der Waals surface area contributed by atoms with Crippen molar-refractivity contribution in [3.05, 3.63) is 21.9 Å². The van der Waals surface area contributed by atoms with E-state index in [4.69, 9.17) is 9.47 Å². The van der Waals surface area contributed by atoms with E-state index in [0.29, 0.717) is 18.5 Å². The van der Waals surface area contributed by atoms with Crippen molar-refractivity contribution in [1.29, 1.82) is 0 Å². The molecule has 0 radical (unpaired) electrons. The number of ether oxygens (including phenoxy) is 2. The number of epoxide rings is 1. The van der Waals surface area contributed by atoms with Gasteiger partial charge in [-0.3, -0.25) is 9.59 Å². The summed E-state index contributed by atoms with van der Waals surface area (Å²) in [5, 5.41) is 24.1. The van der Waals surface area contributed by atoms with Gasteiger partial charge in [-0.1, -0.05) is 34.1 Å². The molecule has 0 aliphatic carbocycles. The van der Waals surface area contributed by atoms with Gasteiger partial charge in [0.15, 0.2) is 6.10 Å². The van der Waals surface area contributed by atoms with E-state index in [-0.39, 0.29) is 24.2 Å². The molecule has 2 saturated heterocycles. The maximum absolute atomic E-state index is 15.3. The number of hydrogen-bond donors (Lipinski definition) is 2. The molecule has 9 heteroatoms. The second-order valence-electron chi connectivity index (χ2n) is 10.9. The van der Waals surface area contributed by atoms with E-state index in [0.717, 1.165) is 11.4 Å². The largest absolute Gasteiger partial charge is 0.455 e. The Morgan fingerprint density at radius 3 is 2.57 bits per heavy atom. The van der Waals surface area contributed by atoms with Gasteiger partial charge in [0.1, 0.15) is 11.6 Å². The summed E-state index contributed by atoms with van der Waals surface area (Å²) in [6, 6.07) is 0. The van der Waals surface area contributed by atoms with E-state index < -0.39 is 53.5 Å². The molecule has 2 unspecified atom stereocenters. The zero-order chi connectivity index (χ0) is 26.1. The van der Waals surface area contributed by atoms with Crippen molar-refractivity contribution in [1.82, 2.24) is 4.98 Å². The van der Waals surface area contributed by atoms with Crippen LogP contribution < -0.4 is 0 Å². The molecule has 2 fully saturated rings. The lowest BCUT2D eigenvalue weighted by atomic mass is 9.73. The van der Waals surface area contributed by atoms with E-state index in [2.05, 4.69) is 4.98 Å². The summed E-state index contributed by atoms with van der Waals surface area (Å²) in [5.74, 6) is -2.62. The number of aliphatic hydroxyl groups excluding tert-OH is 2. The molecule has 2 aliphatic heterocycles. The highest BCUT2D eigenvalue weighted by Crippen LogP contribution is 2.45. The van der Waals surface area contributed by atoms with Crippen LogP contribution in [0.5, 0.6) is 0 Å². The highest BCUT2D eigenvalue weighted by Gasteiger charge is 2.53. The monoisotopic (exact) mass is 511 g/mol. The Kier molecular flexibility index (Phi) is 8.57. The Bertz CT molecular complexity index is 961. The summed E-state index contributed by atoms with van der Waals surface area (Å²) in [5.41, 5.74) is -1.32. The third-order valence-electron chi connectivity index (χ3n) is 7.64. The molecule has 3 rings (SSSR count). The van der Waals surface area contributed by atoms with Gasteiger partial charge in [0.2, 0.25) is 0 Å². The van der Waals surface area contributed by atoms with Crippen molar-refractivity contribution in [3.8, 4) is 0 Å². The third kappa shape index (κ3) is 6.56. The van der Waals surface area contributed by atoms with Crippen molar-refractivity contribution < 1.29 is 33.7 Å². The summed E-state index contributed by atoms with van der Waals surface area (Å²) in [4.78, 5) is 30.2. The molecular weight excluding hydrogens is 473 g/mol. The minimum absolute atomic E-state index is 0.129. The summed E-state index contributed by atoms with van der Waals surface area (Å²) in [6.45, 7) is 10.4. The fourth-order valence-corrected chi connectivity index (χ4v) is 5.44. The number of Topliss-reactive ketones (excluding diaryl/α,β-unsaturated/α-hetero) is 1. The summed E-state index contributed by atoms with van der Waals surface area (Å²) < 4.78 is 26.7. The predicted molar refractivity (Wildman–Crippen MR) is 131 cm³/mol. The number of carbonyl (C=O) groups excluding carboxylic acids is 2. The van der Waals surface area contributed by atoms with Gasteiger partial charge in [-0.2, -0.15) is 0 Å². The Morgan fingerprint density at radius 2 is 1.94 bits per heavy atom. The van der Waals surface area contributed by atoms with E-state index in [1.54, 1.807) is 26.2 Å². The molecule has 196 valence electrons. The lowest BCUT2D eigenvalue weighted by Gasteiger charge is -2.34. The van der Waals surface area contributed by atoms with Crippen molar-refractivity contribution in [2.75, 3.05) is 0 Å². The molecule has 0 amide bonds. The van der Waals surface area contributed by atoms with Crippen LogP contribution in [-0.4, -0.2) is 57.0 Å². The number of hydrogen-bond acceptors (Lipinski definition) is 8. The summed E-state index contributed by atoms with van der Waals surface area (Å²) in [7, 11) is 0. The van der Waals surface area contributed by atoms with Crippen LogP contribution >= 0.6 is 11.3 Å². The van der Waals surface area contributed by atoms with E-state index in [1.807, 2.05) is 20.8 Å². The van der Waals surface area contributed by atoms with E-state index in [1.165, 1.54) is 17.4 Å². The topological polar surface area (TPSA) is 109 Å². The SMILES string of the molecule is Cc1nc(/C=C(\F)[C@@H]2CC3OC3(C)CCC[C@@H](C)[C@H](O)[C@@H](C)C(=O)C(C)(C)[C@H](O)CC(=O)O2)cs1. The molecule has 0 bridgehead atoms. The number of halogens is 1. The molecule has 1 aromatic heterocycles. The Labute approximate surface area is 210 Å². The number of rotatable bonds is 2. The number of nitrogens with zero attached hydrogens (tertiary/aromatic N) is 1. The molecule has 0 aromatic carbocycles. The van der Waals surface area contributed by atoms with Gasteiger partial charge in [-0.25, -0.2) is 9.37 Å². The Hall–Kier alpha value is -1.68. The smallest absolute Gasteiger partial charge is 0.309 e. The van der Waals surface area contributed by atoms with Crippen LogP contribution in [0.25, 0.3) is 6.08 Å². The van der Waals surface area contributed by atoms with Crippen LogP contribution in [-0.2, 0) is 19.1 Å². The van der Waals surface area contributed by atoms with Crippen LogP contribution in [0.2, 0.25) is 0 Å². The fourth-order valence-electron chi connectivity index (χ4n) is 4.86. The summed E-state index contributed by atoms with van der Waals surface area (Å²) in [6.07, 6.45) is -0.593. The minimum atomic E-state index is -1.35. The van der Waals surface area contributed by atoms with Gasteiger partial charge in [-0.05, 0) is 38.7 Å². The highest BCUT2D eigenvalue weighted by molar-refractivity contribution is 7.09.